The molecule has 7 aromatic carbocycles. The number of benzene rings is 7. The van der Waals surface area contributed by atoms with Crippen molar-refractivity contribution < 1.29 is 10.2 Å². The van der Waals surface area contributed by atoms with E-state index in [1.807, 2.05) is 109 Å². The summed E-state index contributed by atoms with van der Waals surface area (Å²) < 4.78 is 0. The summed E-state index contributed by atoms with van der Waals surface area (Å²) in [5.74, 6) is 0.592. The highest BCUT2D eigenvalue weighted by Crippen LogP contribution is 2.44. The molecule has 7 rings (SSSR count). The fourth-order valence-corrected chi connectivity index (χ4v) is 7.32. The molecule has 2 N–H and O–H groups in total. The van der Waals surface area contributed by atoms with Gasteiger partial charge in [0.1, 0.15) is 11.5 Å². The van der Waals surface area contributed by atoms with Crippen LogP contribution in [0.4, 0.5) is 0 Å². The van der Waals surface area contributed by atoms with Crippen molar-refractivity contribution in [2.75, 3.05) is 0 Å². The molecule has 0 atom stereocenters. The minimum atomic E-state index is 0.288. The van der Waals surface area contributed by atoms with Crippen LogP contribution >= 0.6 is 11.8 Å². The summed E-state index contributed by atoms with van der Waals surface area (Å²) in [4.78, 5) is 2.27. The predicted molar refractivity (Wildman–Crippen MR) is 196 cm³/mol. The lowest BCUT2D eigenvalue weighted by molar-refractivity contribution is 0.478. The molecular weight excluding hydrogens is 593 g/mol. The van der Waals surface area contributed by atoms with Gasteiger partial charge in [0.15, 0.2) is 0 Å². The Labute approximate surface area is 280 Å². The van der Waals surface area contributed by atoms with Gasteiger partial charge < -0.3 is 10.2 Å². The van der Waals surface area contributed by atoms with E-state index in [1.54, 1.807) is 11.8 Å². The maximum atomic E-state index is 11.4. The van der Waals surface area contributed by atoms with Gasteiger partial charge in [-0.3, -0.25) is 0 Å². The van der Waals surface area contributed by atoms with E-state index < -0.39 is 0 Å². The smallest absolute Gasteiger partial charge is 0.131 e. The maximum Gasteiger partial charge on any atom is 0.131 e. The van der Waals surface area contributed by atoms with E-state index in [2.05, 4.69) is 60.7 Å². The second-order valence-corrected chi connectivity index (χ2v) is 12.6. The van der Waals surface area contributed by atoms with Crippen molar-refractivity contribution in [2.24, 2.45) is 0 Å². The molecule has 0 amide bonds. The quantitative estimate of drug-likeness (QED) is 0.167. The zero-order valence-corrected chi connectivity index (χ0v) is 26.7. The predicted octanol–water partition coefficient (Wildman–Crippen LogP) is 11.7. The lowest BCUT2D eigenvalue weighted by Crippen LogP contribution is -1.97. The van der Waals surface area contributed by atoms with Gasteiger partial charge in [0, 0.05) is 32.0 Å². The Morgan fingerprint density at radius 1 is 0.319 bits per heavy atom. The van der Waals surface area contributed by atoms with Crippen molar-refractivity contribution in [3.63, 3.8) is 0 Å². The van der Waals surface area contributed by atoms with Crippen molar-refractivity contribution in [1.29, 1.82) is 0 Å². The highest BCUT2D eigenvalue weighted by atomic mass is 32.2. The Hall–Kier alpha value is -5.51. The number of rotatable bonds is 9. The van der Waals surface area contributed by atoms with Gasteiger partial charge in [0.2, 0.25) is 0 Å². The average Bonchev–Trinajstić information content (AvgIpc) is 3.13. The van der Waals surface area contributed by atoms with E-state index in [0.29, 0.717) is 5.75 Å². The first-order valence-corrected chi connectivity index (χ1v) is 16.7. The van der Waals surface area contributed by atoms with Crippen molar-refractivity contribution >= 4 is 11.8 Å². The molecule has 0 unspecified atom stereocenters. The summed E-state index contributed by atoms with van der Waals surface area (Å²) in [5.41, 5.74) is 9.80. The second kappa shape index (κ2) is 13.9. The molecule has 0 aliphatic heterocycles. The second-order valence-electron chi connectivity index (χ2n) is 11.5. The largest absolute Gasteiger partial charge is 0.507 e. The molecule has 0 spiro atoms. The molecule has 228 valence electrons. The molecule has 2 nitrogen and oxygen atoms in total. The SMILES string of the molecule is Oc1c(-c2ccccc2)cccc1-c1ccccc1CCc1ccccc1Sc1ccccc1-c1cccc(-c2ccccc2)c1O. The molecule has 0 aliphatic carbocycles. The number of phenolic OH excluding ortho intramolecular Hbond substituents is 2. The van der Waals surface area contributed by atoms with Crippen LogP contribution in [0.1, 0.15) is 11.1 Å². The molecule has 0 bridgehead atoms. The van der Waals surface area contributed by atoms with Crippen LogP contribution in [0, 0.1) is 0 Å². The van der Waals surface area contributed by atoms with Gasteiger partial charge in [-0.2, -0.15) is 0 Å². The Kier molecular flexibility index (Phi) is 8.90. The molecule has 0 saturated heterocycles. The number of phenols is 2. The van der Waals surface area contributed by atoms with Crippen molar-refractivity contribution in [3.8, 4) is 56.0 Å². The molecule has 3 heteroatoms. The van der Waals surface area contributed by atoms with E-state index in [0.717, 1.165) is 62.2 Å². The van der Waals surface area contributed by atoms with E-state index in [1.165, 1.54) is 16.0 Å². The summed E-state index contributed by atoms with van der Waals surface area (Å²) in [6.45, 7) is 0. The zero-order chi connectivity index (χ0) is 32.0. The van der Waals surface area contributed by atoms with Gasteiger partial charge in [-0.05, 0) is 58.4 Å². The summed E-state index contributed by atoms with van der Waals surface area (Å²) in [7, 11) is 0. The number of aromatic hydroxyl groups is 2. The lowest BCUT2D eigenvalue weighted by atomic mass is 9.92. The average molecular weight is 627 g/mol. The van der Waals surface area contributed by atoms with E-state index in [9.17, 15) is 10.2 Å². The highest BCUT2D eigenvalue weighted by Gasteiger charge is 2.17. The van der Waals surface area contributed by atoms with Gasteiger partial charge in [-0.15, -0.1) is 0 Å². The van der Waals surface area contributed by atoms with Crippen LogP contribution in [-0.2, 0) is 12.8 Å². The van der Waals surface area contributed by atoms with Gasteiger partial charge in [0.05, 0.1) is 0 Å². The summed E-state index contributed by atoms with van der Waals surface area (Å²) in [5, 5.41) is 22.9. The first kappa shape index (κ1) is 30.2. The van der Waals surface area contributed by atoms with Crippen LogP contribution in [-0.4, -0.2) is 10.2 Å². The first-order chi connectivity index (χ1) is 23.2. The molecule has 0 radical (unpaired) electrons. The topological polar surface area (TPSA) is 40.5 Å². The van der Waals surface area contributed by atoms with E-state index >= 15 is 0 Å². The van der Waals surface area contributed by atoms with Crippen LogP contribution in [0.3, 0.4) is 0 Å². The first-order valence-electron chi connectivity index (χ1n) is 15.9. The van der Waals surface area contributed by atoms with Crippen LogP contribution in [0.15, 0.2) is 180 Å². The van der Waals surface area contributed by atoms with Gasteiger partial charge >= 0.3 is 0 Å². The lowest BCUT2D eigenvalue weighted by Gasteiger charge is -2.16. The summed E-state index contributed by atoms with van der Waals surface area (Å²) >= 11 is 1.73. The molecule has 0 saturated carbocycles. The summed E-state index contributed by atoms with van der Waals surface area (Å²) in [6.07, 6.45) is 1.67. The van der Waals surface area contributed by atoms with Gasteiger partial charge in [-0.1, -0.05) is 169 Å². The fraction of sp³-hybridized carbons (Fsp3) is 0.0455. The van der Waals surface area contributed by atoms with Gasteiger partial charge in [0.25, 0.3) is 0 Å². The molecule has 0 aromatic heterocycles. The Morgan fingerprint density at radius 2 is 0.723 bits per heavy atom. The third-order valence-corrected chi connectivity index (χ3v) is 9.78. The standard InChI is InChI=1S/C44H34O2S/c45-43-36(31-15-3-1-4-16-31)23-13-25-39(43)35-21-9-7-19-33(35)29-30-34-20-8-11-27-41(34)47-42-28-12-10-22-38(42)40-26-14-24-37(44(40)46)32-17-5-2-6-18-32/h1-28,45-46H,29-30H2. The maximum absolute atomic E-state index is 11.4. The van der Waals surface area contributed by atoms with Crippen LogP contribution in [0.25, 0.3) is 44.5 Å². The van der Waals surface area contributed by atoms with Crippen molar-refractivity contribution in [2.45, 2.75) is 22.6 Å². The Bertz CT molecular complexity index is 2140. The molecule has 47 heavy (non-hydrogen) atoms. The van der Waals surface area contributed by atoms with Gasteiger partial charge in [-0.25, -0.2) is 0 Å². The normalized spacial score (nSPS) is 11.0. The van der Waals surface area contributed by atoms with Crippen molar-refractivity contribution in [3.05, 3.63) is 181 Å². The van der Waals surface area contributed by atoms with E-state index in [4.69, 9.17) is 0 Å². The minimum Gasteiger partial charge on any atom is -0.507 e. The Balaban J connectivity index is 1.17. The van der Waals surface area contributed by atoms with Crippen LogP contribution in [0.2, 0.25) is 0 Å². The Morgan fingerprint density at radius 3 is 1.34 bits per heavy atom. The third-order valence-electron chi connectivity index (χ3n) is 8.58. The highest BCUT2D eigenvalue weighted by molar-refractivity contribution is 7.99. The number of hydrogen-bond donors (Lipinski definition) is 2. The van der Waals surface area contributed by atoms with E-state index in [-0.39, 0.29) is 5.75 Å². The fourth-order valence-electron chi connectivity index (χ4n) is 6.20. The molecule has 0 heterocycles. The monoisotopic (exact) mass is 626 g/mol. The number of aryl methyl sites for hydroxylation is 2. The van der Waals surface area contributed by atoms with Crippen LogP contribution < -0.4 is 0 Å². The zero-order valence-electron chi connectivity index (χ0n) is 25.9. The number of para-hydroxylation sites is 2. The molecule has 0 fully saturated rings. The van der Waals surface area contributed by atoms with Crippen molar-refractivity contribution in [1.82, 2.24) is 0 Å². The molecule has 7 aromatic rings. The number of hydrogen-bond acceptors (Lipinski definition) is 3. The van der Waals surface area contributed by atoms with Crippen LogP contribution in [0.5, 0.6) is 11.5 Å². The third kappa shape index (κ3) is 6.44. The molecule has 0 aliphatic rings. The summed E-state index contributed by atoms with van der Waals surface area (Å²) in [6, 6.07) is 57.2. The minimum absolute atomic E-state index is 0.288. The molecular formula is C44H34O2S.